The Labute approximate surface area is 108 Å². The van der Waals surface area contributed by atoms with Gasteiger partial charge in [0.15, 0.2) is 0 Å². The van der Waals surface area contributed by atoms with E-state index in [1.54, 1.807) is 0 Å². The molecule has 1 aliphatic carbocycles. The van der Waals surface area contributed by atoms with Gasteiger partial charge < -0.3 is 5.32 Å². The van der Waals surface area contributed by atoms with Gasteiger partial charge in [0.05, 0.1) is 6.54 Å². The summed E-state index contributed by atoms with van der Waals surface area (Å²) in [5.41, 5.74) is 1.42. The quantitative estimate of drug-likeness (QED) is 0.778. The summed E-state index contributed by atoms with van der Waals surface area (Å²) in [5, 5.41) is 3.56. The monoisotopic (exact) mass is 248 g/mol. The molecule has 2 nitrogen and oxygen atoms in total. The molecular weight excluding hydrogens is 228 g/mol. The van der Waals surface area contributed by atoms with Gasteiger partial charge in [-0.25, -0.2) is 0 Å². The molecule has 1 heterocycles. The van der Waals surface area contributed by atoms with Gasteiger partial charge in [-0.3, -0.25) is 4.90 Å². The zero-order valence-electron chi connectivity index (χ0n) is 10.6. The molecule has 1 N–H and O–H groups in total. The summed E-state index contributed by atoms with van der Waals surface area (Å²) in [7, 11) is 2.07. The molecule has 0 radical (unpaired) electrons. The summed E-state index contributed by atoms with van der Waals surface area (Å²) in [6, 6.07) is 3.10. The van der Waals surface area contributed by atoms with Gasteiger partial charge in [-0.1, -0.05) is 5.92 Å². The molecule has 3 heteroatoms. The van der Waals surface area contributed by atoms with Gasteiger partial charge in [0, 0.05) is 28.9 Å². The second-order valence-electron chi connectivity index (χ2n) is 4.83. The Morgan fingerprint density at radius 2 is 2.35 bits per heavy atom. The van der Waals surface area contributed by atoms with Gasteiger partial charge in [-0.05, 0) is 38.4 Å². The van der Waals surface area contributed by atoms with Gasteiger partial charge in [0.1, 0.15) is 0 Å². The van der Waals surface area contributed by atoms with Crippen molar-refractivity contribution in [3.8, 4) is 12.3 Å². The van der Waals surface area contributed by atoms with Gasteiger partial charge >= 0.3 is 0 Å². The summed E-state index contributed by atoms with van der Waals surface area (Å²) in [5.74, 6) is 2.68. The Hall–Kier alpha value is -0.820. The van der Waals surface area contributed by atoms with Crippen molar-refractivity contribution in [2.45, 2.75) is 38.9 Å². The second-order valence-corrected chi connectivity index (χ2v) is 6.17. The van der Waals surface area contributed by atoms with Crippen molar-refractivity contribution in [1.82, 2.24) is 10.2 Å². The lowest BCUT2D eigenvalue weighted by atomic mass is 10.2. The number of hydrogen-bond donors (Lipinski definition) is 1. The van der Waals surface area contributed by atoms with E-state index in [0.29, 0.717) is 6.54 Å². The lowest BCUT2D eigenvalue weighted by molar-refractivity contribution is 0.369. The van der Waals surface area contributed by atoms with Crippen LogP contribution in [0.2, 0.25) is 0 Å². The largest absolute Gasteiger partial charge is 0.309 e. The van der Waals surface area contributed by atoms with E-state index in [1.165, 1.54) is 28.2 Å². The molecule has 0 bridgehead atoms. The lowest BCUT2D eigenvalue weighted by Gasteiger charge is -2.12. The first-order valence-corrected chi connectivity index (χ1v) is 6.94. The highest BCUT2D eigenvalue weighted by Crippen LogP contribution is 2.24. The summed E-state index contributed by atoms with van der Waals surface area (Å²) < 4.78 is 0. The highest BCUT2D eigenvalue weighted by atomic mass is 32.1. The maximum atomic E-state index is 5.32. The highest BCUT2D eigenvalue weighted by Gasteiger charge is 2.20. The molecule has 0 saturated heterocycles. The third kappa shape index (κ3) is 3.85. The van der Waals surface area contributed by atoms with E-state index in [1.807, 2.05) is 11.3 Å². The van der Waals surface area contributed by atoms with Crippen LogP contribution in [-0.2, 0) is 13.1 Å². The Kier molecular flexibility index (Phi) is 4.22. The number of nitrogens with zero attached hydrogens (tertiary/aromatic N) is 1. The molecule has 0 atom stereocenters. The summed E-state index contributed by atoms with van der Waals surface area (Å²) in [4.78, 5) is 5.03. The molecular formula is C14H20N2S. The molecule has 1 saturated carbocycles. The summed E-state index contributed by atoms with van der Waals surface area (Å²) in [6.45, 7) is 4.89. The van der Waals surface area contributed by atoms with E-state index in [2.05, 4.69) is 36.2 Å². The van der Waals surface area contributed by atoms with Crippen molar-refractivity contribution in [1.29, 1.82) is 0 Å². The molecule has 2 rings (SSSR count). The van der Waals surface area contributed by atoms with Crippen LogP contribution in [0, 0.1) is 19.3 Å². The van der Waals surface area contributed by atoms with Crippen molar-refractivity contribution in [3.63, 3.8) is 0 Å². The molecule has 1 fully saturated rings. The predicted molar refractivity (Wildman–Crippen MR) is 74.1 cm³/mol. The zero-order chi connectivity index (χ0) is 12.3. The maximum Gasteiger partial charge on any atom is 0.0599 e. The van der Waals surface area contributed by atoms with Crippen molar-refractivity contribution in [3.05, 3.63) is 21.4 Å². The normalized spacial score (nSPS) is 15.2. The maximum absolute atomic E-state index is 5.32. The first-order valence-electron chi connectivity index (χ1n) is 6.12. The first kappa shape index (κ1) is 12.6. The van der Waals surface area contributed by atoms with Crippen LogP contribution in [0.3, 0.4) is 0 Å². The van der Waals surface area contributed by atoms with Crippen LogP contribution >= 0.6 is 11.3 Å². The van der Waals surface area contributed by atoms with E-state index >= 15 is 0 Å². The number of thiophene rings is 1. The van der Waals surface area contributed by atoms with Crippen molar-refractivity contribution >= 4 is 11.3 Å². The van der Waals surface area contributed by atoms with Crippen LogP contribution in [0.1, 0.15) is 28.2 Å². The van der Waals surface area contributed by atoms with E-state index in [9.17, 15) is 0 Å². The molecule has 0 spiro atoms. The molecule has 0 unspecified atom stereocenters. The van der Waals surface area contributed by atoms with Crippen LogP contribution < -0.4 is 5.32 Å². The molecule has 1 aromatic heterocycles. The minimum atomic E-state index is 0.713. The van der Waals surface area contributed by atoms with Crippen molar-refractivity contribution < 1.29 is 0 Å². The fourth-order valence-corrected chi connectivity index (χ4v) is 2.87. The average molecular weight is 248 g/mol. The predicted octanol–water partition coefficient (Wildman–Crippen LogP) is 2.37. The van der Waals surface area contributed by atoms with E-state index in [4.69, 9.17) is 6.42 Å². The Morgan fingerprint density at radius 1 is 1.59 bits per heavy atom. The second kappa shape index (κ2) is 5.68. The Morgan fingerprint density at radius 3 is 3.00 bits per heavy atom. The van der Waals surface area contributed by atoms with Gasteiger partial charge in [0.25, 0.3) is 0 Å². The number of terminal acetylenes is 1. The van der Waals surface area contributed by atoms with Crippen molar-refractivity contribution in [2.75, 3.05) is 13.6 Å². The van der Waals surface area contributed by atoms with Gasteiger partial charge in [-0.15, -0.1) is 17.8 Å². The molecule has 17 heavy (non-hydrogen) atoms. The van der Waals surface area contributed by atoms with E-state index in [-0.39, 0.29) is 0 Å². The van der Waals surface area contributed by atoms with Crippen LogP contribution in [0.15, 0.2) is 6.07 Å². The van der Waals surface area contributed by atoms with Crippen LogP contribution in [-0.4, -0.2) is 24.5 Å². The standard InChI is InChI=1S/C14H20N2S/c1-4-7-16(3)10-12-8-14(17-11(12)2)9-15-13-5-6-13/h1,8,13,15H,5-7,9-10H2,2-3H3. The minimum Gasteiger partial charge on any atom is -0.309 e. The van der Waals surface area contributed by atoms with Crippen LogP contribution in [0.5, 0.6) is 0 Å². The van der Waals surface area contributed by atoms with E-state index in [0.717, 1.165) is 19.1 Å². The third-order valence-electron chi connectivity index (χ3n) is 3.02. The first-order chi connectivity index (χ1) is 8.19. The Bertz CT molecular complexity index is 412. The fraction of sp³-hybridized carbons (Fsp3) is 0.571. The SMILES string of the molecule is C#CCN(C)Cc1cc(CNC2CC2)sc1C. The molecule has 1 aliphatic rings. The van der Waals surface area contributed by atoms with Gasteiger partial charge in [-0.2, -0.15) is 0 Å². The van der Waals surface area contributed by atoms with Crippen LogP contribution in [0.25, 0.3) is 0 Å². The molecule has 0 amide bonds. The van der Waals surface area contributed by atoms with Gasteiger partial charge in [0.2, 0.25) is 0 Å². The fourth-order valence-electron chi connectivity index (χ4n) is 1.87. The summed E-state index contributed by atoms with van der Waals surface area (Å²) >= 11 is 1.90. The van der Waals surface area contributed by atoms with E-state index < -0.39 is 0 Å². The number of aryl methyl sites for hydroxylation is 1. The lowest BCUT2D eigenvalue weighted by Crippen LogP contribution is -2.18. The summed E-state index contributed by atoms with van der Waals surface area (Å²) in [6.07, 6.45) is 8.01. The Balaban J connectivity index is 1.90. The smallest absolute Gasteiger partial charge is 0.0599 e. The molecule has 0 aliphatic heterocycles. The minimum absolute atomic E-state index is 0.713. The molecule has 0 aromatic carbocycles. The molecule has 92 valence electrons. The zero-order valence-corrected chi connectivity index (χ0v) is 11.4. The number of nitrogens with one attached hydrogen (secondary N) is 1. The molecule has 1 aromatic rings. The topological polar surface area (TPSA) is 15.3 Å². The number of hydrogen-bond acceptors (Lipinski definition) is 3. The average Bonchev–Trinajstić information content (AvgIpc) is 3.03. The number of rotatable bonds is 6. The third-order valence-corrected chi connectivity index (χ3v) is 4.11. The highest BCUT2D eigenvalue weighted by molar-refractivity contribution is 7.12. The van der Waals surface area contributed by atoms with Crippen LogP contribution in [0.4, 0.5) is 0 Å². The van der Waals surface area contributed by atoms with Crippen molar-refractivity contribution in [2.24, 2.45) is 0 Å².